The second-order valence-electron chi connectivity index (χ2n) is 4.89. The Kier molecular flexibility index (Phi) is 6.18. The van der Waals surface area contributed by atoms with Crippen LogP contribution in [-0.2, 0) is 16.0 Å². The Morgan fingerprint density at radius 2 is 2.04 bits per heavy atom. The molecule has 0 bridgehead atoms. The summed E-state index contributed by atoms with van der Waals surface area (Å²) in [5.74, 6) is 0.463. The fourth-order valence-corrected chi connectivity index (χ4v) is 2.60. The van der Waals surface area contributed by atoms with Crippen LogP contribution in [0.15, 0.2) is 34.9 Å². The molecule has 0 aliphatic rings. The third kappa shape index (κ3) is 3.50. The molecule has 24 heavy (non-hydrogen) atoms. The van der Waals surface area contributed by atoms with Crippen molar-refractivity contribution in [3.63, 3.8) is 0 Å². The molecule has 0 atom stereocenters. The molecule has 0 unspecified atom stereocenters. The van der Waals surface area contributed by atoms with Crippen LogP contribution in [0.4, 0.5) is 0 Å². The molecule has 0 saturated carbocycles. The SMILES string of the molecule is CC.CCOC(=O)CCc1ccc(OC)c2oc3ncccc3c12. The predicted octanol–water partition coefficient (Wildman–Crippen LogP) is 4.51. The van der Waals surface area contributed by atoms with Gasteiger partial charge < -0.3 is 13.9 Å². The van der Waals surface area contributed by atoms with Gasteiger partial charge in [0, 0.05) is 23.4 Å². The molecule has 3 aromatic rings. The first-order chi connectivity index (χ1) is 11.7. The molecular formula is C19H23NO4. The van der Waals surface area contributed by atoms with E-state index in [0.29, 0.717) is 36.5 Å². The lowest BCUT2D eigenvalue weighted by molar-refractivity contribution is -0.143. The van der Waals surface area contributed by atoms with E-state index in [1.165, 1.54) is 0 Å². The normalized spacial score (nSPS) is 10.3. The molecule has 0 spiro atoms. The topological polar surface area (TPSA) is 61.6 Å². The van der Waals surface area contributed by atoms with Gasteiger partial charge in [-0.05, 0) is 37.1 Å². The van der Waals surface area contributed by atoms with E-state index in [4.69, 9.17) is 13.9 Å². The van der Waals surface area contributed by atoms with E-state index in [9.17, 15) is 4.79 Å². The van der Waals surface area contributed by atoms with Crippen molar-refractivity contribution >= 4 is 28.0 Å². The van der Waals surface area contributed by atoms with Crippen LogP contribution < -0.4 is 4.74 Å². The summed E-state index contributed by atoms with van der Waals surface area (Å²) in [6.07, 6.45) is 2.61. The van der Waals surface area contributed by atoms with Crippen molar-refractivity contribution < 1.29 is 18.7 Å². The summed E-state index contributed by atoms with van der Waals surface area (Å²) in [6.45, 7) is 6.20. The van der Waals surface area contributed by atoms with Crippen LogP contribution in [-0.4, -0.2) is 24.7 Å². The number of aryl methyl sites for hydroxylation is 1. The Balaban J connectivity index is 0.00000100. The molecule has 3 rings (SSSR count). The lowest BCUT2D eigenvalue weighted by atomic mass is 10.0. The zero-order valence-electron chi connectivity index (χ0n) is 14.6. The average molecular weight is 329 g/mol. The van der Waals surface area contributed by atoms with Gasteiger partial charge in [0.15, 0.2) is 11.3 Å². The molecule has 0 aliphatic carbocycles. The number of methoxy groups -OCH3 is 1. The van der Waals surface area contributed by atoms with Crippen LogP contribution >= 0.6 is 0 Å². The largest absolute Gasteiger partial charge is 0.493 e. The average Bonchev–Trinajstić information content (AvgIpc) is 3.01. The fourth-order valence-electron chi connectivity index (χ4n) is 2.60. The number of benzene rings is 1. The van der Waals surface area contributed by atoms with E-state index >= 15 is 0 Å². The molecule has 5 nitrogen and oxygen atoms in total. The number of hydrogen-bond acceptors (Lipinski definition) is 5. The monoisotopic (exact) mass is 329 g/mol. The number of aromatic nitrogens is 1. The molecule has 0 radical (unpaired) electrons. The van der Waals surface area contributed by atoms with Crippen molar-refractivity contribution in [1.29, 1.82) is 0 Å². The minimum Gasteiger partial charge on any atom is -0.493 e. The van der Waals surface area contributed by atoms with Gasteiger partial charge in [-0.1, -0.05) is 19.9 Å². The highest BCUT2D eigenvalue weighted by molar-refractivity contribution is 6.07. The highest BCUT2D eigenvalue weighted by Crippen LogP contribution is 2.36. The maximum absolute atomic E-state index is 11.6. The summed E-state index contributed by atoms with van der Waals surface area (Å²) >= 11 is 0. The fraction of sp³-hybridized carbons (Fsp3) is 0.368. The number of esters is 1. The highest BCUT2D eigenvalue weighted by Gasteiger charge is 2.16. The van der Waals surface area contributed by atoms with Crippen molar-refractivity contribution in [2.24, 2.45) is 0 Å². The Bertz CT molecular complexity index is 823. The number of pyridine rings is 1. The molecule has 0 amide bonds. The summed E-state index contributed by atoms with van der Waals surface area (Å²) in [7, 11) is 1.60. The number of carbonyl (C=O) groups is 1. The molecule has 1 aromatic carbocycles. The van der Waals surface area contributed by atoms with Gasteiger partial charge in [-0.15, -0.1) is 0 Å². The lowest BCUT2D eigenvalue weighted by Gasteiger charge is -2.06. The first-order valence-corrected chi connectivity index (χ1v) is 8.23. The Hall–Kier alpha value is -2.56. The van der Waals surface area contributed by atoms with E-state index < -0.39 is 0 Å². The van der Waals surface area contributed by atoms with Crippen molar-refractivity contribution in [2.75, 3.05) is 13.7 Å². The summed E-state index contributed by atoms with van der Waals surface area (Å²) in [6, 6.07) is 7.64. The van der Waals surface area contributed by atoms with Crippen molar-refractivity contribution in [1.82, 2.24) is 4.98 Å². The van der Waals surface area contributed by atoms with Gasteiger partial charge in [-0.3, -0.25) is 4.79 Å². The number of nitrogens with zero attached hydrogens (tertiary/aromatic N) is 1. The van der Waals surface area contributed by atoms with Gasteiger partial charge in [0.05, 0.1) is 13.7 Å². The number of furan rings is 1. The molecule has 0 N–H and O–H groups in total. The Labute approximate surface area is 141 Å². The van der Waals surface area contributed by atoms with Gasteiger partial charge in [0.2, 0.25) is 5.71 Å². The van der Waals surface area contributed by atoms with Gasteiger partial charge in [0.1, 0.15) is 0 Å². The van der Waals surface area contributed by atoms with Gasteiger partial charge in [0.25, 0.3) is 0 Å². The van der Waals surface area contributed by atoms with E-state index in [1.54, 1.807) is 20.2 Å². The minimum absolute atomic E-state index is 0.197. The maximum Gasteiger partial charge on any atom is 0.306 e. The molecule has 0 fully saturated rings. The number of ether oxygens (including phenoxy) is 2. The zero-order chi connectivity index (χ0) is 17.5. The number of fused-ring (bicyclic) bond motifs is 3. The van der Waals surface area contributed by atoms with E-state index in [1.807, 2.05) is 38.1 Å². The molecule has 0 aliphatic heterocycles. The molecular weight excluding hydrogens is 306 g/mol. The third-order valence-corrected chi connectivity index (χ3v) is 3.57. The Morgan fingerprint density at radius 3 is 2.75 bits per heavy atom. The van der Waals surface area contributed by atoms with Crippen LogP contribution in [0.3, 0.4) is 0 Å². The molecule has 2 heterocycles. The second-order valence-corrected chi connectivity index (χ2v) is 4.89. The quantitative estimate of drug-likeness (QED) is 0.644. The van der Waals surface area contributed by atoms with Crippen molar-refractivity contribution in [3.05, 3.63) is 36.0 Å². The van der Waals surface area contributed by atoms with E-state index in [-0.39, 0.29) is 5.97 Å². The summed E-state index contributed by atoms with van der Waals surface area (Å²) in [5, 5.41) is 1.88. The number of hydrogen-bond donors (Lipinski definition) is 0. The number of carbonyl (C=O) groups excluding carboxylic acids is 1. The van der Waals surface area contributed by atoms with Crippen LogP contribution in [0, 0.1) is 0 Å². The van der Waals surface area contributed by atoms with Crippen LogP contribution in [0.2, 0.25) is 0 Å². The summed E-state index contributed by atoms with van der Waals surface area (Å²) in [5.41, 5.74) is 2.26. The van der Waals surface area contributed by atoms with E-state index in [0.717, 1.165) is 16.3 Å². The number of rotatable bonds is 5. The highest BCUT2D eigenvalue weighted by atomic mass is 16.5. The molecule has 128 valence electrons. The van der Waals surface area contributed by atoms with Crippen molar-refractivity contribution in [2.45, 2.75) is 33.6 Å². The second kappa shape index (κ2) is 8.34. The first-order valence-electron chi connectivity index (χ1n) is 8.23. The standard InChI is InChI=1S/C17H17NO4.C2H6/c1-3-21-14(19)9-7-11-6-8-13(20-2)16-15(11)12-5-4-10-18-17(12)22-16;1-2/h4-6,8,10H,3,7,9H2,1-2H3;1-2H3. The smallest absolute Gasteiger partial charge is 0.306 e. The molecule has 2 aromatic heterocycles. The van der Waals surface area contributed by atoms with Crippen LogP contribution in [0.25, 0.3) is 22.1 Å². The van der Waals surface area contributed by atoms with Gasteiger partial charge >= 0.3 is 5.97 Å². The first kappa shape index (κ1) is 17.8. The molecule has 5 heteroatoms. The zero-order valence-corrected chi connectivity index (χ0v) is 14.6. The van der Waals surface area contributed by atoms with Crippen LogP contribution in [0.1, 0.15) is 32.8 Å². The maximum atomic E-state index is 11.6. The van der Waals surface area contributed by atoms with Crippen molar-refractivity contribution in [3.8, 4) is 5.75 Å². The van der Waals surface area contributed by atoms with E-state index in [2.05, 4.69) is 4.98 Å². The van der Waals surface area contributed by atoms with Gasteiger partial charge in [-0.25, -0.2) is 4.98 Å². The third-order valence-electron chi connectivity index (χ3n) is 3.57. The summed E-state index contributed by atoms with van der Waals surface area (Å²) in [4.78, 5) is 15.8. The summed E-state index contributed by atoms with van der Waals surface area (Å²) < 4.78 is 16.2. The predicted molar refractivity (Wildman–Crippen MR) is 94.4 cm³/mol. The lowest BCUT2D eigenvalue weighted by Crippen LogP contribution is -2.05. The van der Waals surface area contributed by atoms with Crippen LogP contribution in [0.5, 0.6) is 5.75 Å². The minimum atomic E-state index is -0.197. The van der Waals surface area contributed by atoms with Gasteiger partial charge in [-0.2, -0.15) is 0 Å². The molecule has 0 saturated heterocycles. The Morgan fingerprint density at radius 1 is 1.25 bits per heavy atom.